The highest BCUT2D eigenvalue weighted by Gasteiger charge is 2.39. The van der Waals surface area contributed by atoms with Crippen LogP contribution in [0.4, 0.5) is 42.2 Å². The van der Waals surface area contributed by atoms with Crippen LogP contribution in [-0.2, 0) is 16.0 Å². The van der Waals surface area contributed by atoms with Crippen LogP contribution in [0.3, 0.4) is 0 Å². The number of carbonyl (C=O) groups is 2. The molecule has 0 saturated carbocycles. The molecule has 0 amide bonds. The van der Waals surface area contributed by atoms with Gasteiger partial charge in [0.2, 0.25) is 0 Å². The summed E-state index contributed by atoms with van der Waals surface area (Å²) >= 11 is 0. The van der Waals surface area contributed by atoms with Crippen molar-refractivity contribution in [2.24, 2.45) is 0 Å². The highest BCUT2D eigenvalue weighted by atomic mass is 19.4. The summed E-state index contributed by atoms with van der Waals surface area (Å²) in [4.78, 5) is 34.2. The van der Waals surface area contributed by atoms with E-state index in [1.165, 1.54) is 0 Å². The number of aromatic nitrogens is 4. The van der Waals surface area contributed by atoms with Crippen LogP contribution in [0.25, 0.3) is 22.0 Å². The van der Waals surface area contributed by atoms with Gasteiger partial charge in [-0.25, -0.2) is 23.9 Å². The summed E-state index contributed by atoms with van der Waals surface area (Å²) in [5.74, 6) is -4.11. The molecule has 278 valence electrons. The van der Waals surface area contributed by atoms with Gasteiger partial charge in [-0.1, -0.05) is 13.0 Å². The van der Waals surface area contributed by atoms with E-state index in [0.717, 1.165) is 34.0 Å². The molecule has 5 rings (SSSR count). The van der Waals surface area contributed by atoms with E-state index in [-0.39, 0.29) is 5.75 Å². The first-order valence-electron chi connectivity index (χ1n) is 14.9. The van der Waals surface area contributed by atoms with Crippen molar-refractivity contribution in [1.82, 2.24) is 19.9 Å². The Kier molecular flexibility index (Phi) is 13.3. The van der Waals surface area contributed by atoms with Gasteiger partial charge in [-0.05, 0) is 60.7 Å². The number of ether oxygens (including phenoxy) is 2. The van der Waals surface area contributed by atoms with Gasteiger partial charge in [0, 0.05) is 35.2 Å². The fourth-order valence-electron chi connectivity index (χ4n) is 4.49. The minimum absolute atomic E-state index is 0.215. The molecule has 0 spiro atoms. The van der Waals surface area contributed by atoms with Crippen molar-refractivity contribution >= 4 is 34.2 Å². The fraction of sp³-hybridized carbons (Fsp3) is 0.242. The van der Waals surface area contributed by atoms with Crippen molar-refractivity contribution in [1.29, 1.82) is 0 Å². The number of hydrogen-bond donors (Lipinski definition) is 5. The minimum Gasteiger partial charge on any atom is -0.496 e. The number of nitrogens with zero attached hydrogens (tertiary/aromatic N) is 3. The largest absolute Gasteiger partial charge is 0.496 e. The van der Waals surface area contributed by atoms with Gasteiger partial charge >= 0.3 is 24.3 Å². The lowest BCUT2D eigenvalue weighted by Gasteiger charge is -2.22. The Balaban J connectivity index is 0.000000441. The summed E-state index contributed by atoms with van der Waals surface area (Å²) in [6.07, 6.45) is -2.73. The van der Waals surface area contributed by atoms with Gasteiger partial charge in [0.1, 0.15) is 23.4 Å². The number of imidazole rings is 1. The lowest BCUT2D eigenvalue weighted by atomic mass is 9.99. The second kappa shape index (κ2) is 17.2. The van der Waals surface area contributed by atoms with Crippen LogP contribution in [0.1, 0.15) is 36.8 Å². The van der Waals surface area contributed by atoms with Gasteiger partial charge in [0.15, 0.2) is 11.6 Å². The summed E-state index contributed by atoms with van der Waals surface area (Å²) < 4.78 is 90.5. The molecule has 2 aromatic carbocycles. The number of halogens is 7. The maximum absolute atomic E-state index is 15.9. The van der Waals surface area contributed by atoms with E-state index in [0.29, 0.717) is 35.3 Å². The second-order valence-electron chi connectivity index (χ2n) is 10.4. The lowest BCUT2D eigenvalue weighted by molar-refractivity contribution is -0.193. The van der Waals surface area contributed by atoms with Gasteiger partial charge in [-0.15, -0.1) is 0 Å². The molecule has 0 aliphatic carbocycles. The van der Waals surface area contributed by atoms with E-state index in [4.69, 9.17) is 35.0 Å². The maximum Gasteiger partial charge on any atom is 0.490 e. The third-order valence-corrected chi connectivity index (χ3v) is 6.90. The number of benzene rings is 2. The molecule has 3 heterocycles. The number of pyridine rings is 2. The Morgan fingerprint density at radius 3 is 2.15 bits per heavy atom. The van der Waals surface area contributed by atoms with Crippen molar-refractivity contribution < 1.29 is 60.0 Å². The number of rotatable bonds is 9. The van der Waals surface area contributed by atoms with Gasteiger partial charge in [0.25, 0.3) is 0 Å². The molecule has 0 bridgehead atoms. The Bertz CT molecular complexity index is 1980. The van der Waals surface area contributed by atoms with Crippen molar-refractivity contribution in [3.8, 4) is 22.8 Å². The lowest BCUT2D eigenvalue weighted by Crippen LogP contribution is -2.21. The average molecular weight is 741 g/mol. The number of methoxy groups -OCH3 is 1. The molecule has 1 atom stereocenters. The van der Waals surface area contributed by atoms with Crippen LogP contribution in [0, 0.1) is 5.82 Å². The summed E-state index contributed by atoms with van der Waals surface area (Å²) in [6.45, 7) is 4.22. The zero-order valence-electron chi connectivity index (χ0n) is 27.4. The molecule has 12 nitrogen and oxygen atoms in total. The first-order valence-corrected chi connectivity index (χ1v) is 14.9. The molecular weight excluding hydrogens is 709 g/mol. The van der Waals surface area contributed by atoms with Crippen LogP contribution in [0.15, 0.2) is 67.3 Å². The third kappa shape index (κ3) is 10.4. The topological polar surface area (TPSA) is 186 Å². The number of alkyl halides is 6. The molecule has 0 aliphatic heterocycles. The monoisotopic (exact) mass is 740 g/mol. The standard InChI is InChI=1S/C29H29FN6O2.2C2HF3O2/c1-4-17-12-21(26(30)25(13-17)38-5-2)27(35-19-6-7-20-18(14-19)8-11-33-28(20)31)29-34-16-23(36-29)22-15-32-10-9-24(22)37-3;2*3-2(4,5)1(6)7/h6-16,27,35H,4-5H2,1-3H3,(H2,31,33)(H,34,36);2*(H,6,7). The van der Waals surface area contributed by atoms with Gasteiger partial charge in [0.05, 0.1) is 31.2 Å². The number of nitrogens with one attached hydrogen (secondary N) is 2. The van der Waals surface area contributed by atoms with Gasteiger partial charge in [-0.2, -0.15) is 26.3 Å². The number of carboxylic acid groups (broad SMARTS) is 2. The second-order valence-corrected chi connectivity index (χ2v) is 10.4. The first-order chi connectivity index (χ1) is 24.4. The van der Waals surface area contributed by atoms with Crippen molar-refractivity contribution in [2.45, 2.75) is 38.7 Å². The van der Waals surface area contributed by atoms with E-state index in [2.05, 4.69) is 25.3 Å². The SMILES string of the molecule is CCOc1cc(CC)cc(C(Nc2ccc3c(N)nccc3c2)c2ncc(-c3cnccc3OC)[nH]2)c1F.O=C(O)C(F)(F)F.O=C(O)C(F)(F)F. The van der Waals surface area contributed by atoms with Gasteiger partial charge < -0.3 is 35.7 Å². The predicted octanol–water partition coefficient (Wildman–Crippen LogP) is 7.18. The van der Waals surface area contributed by atoms with Crippen LogP contribution in [0.2, 0.25) is 0 Å². The highest BCUT2D eigenvalue weighted by molar-refractivity contribution is 5.93. The fourth-order valence-corrected chi connectivity index (χ4v) is 4.49. The van der Waals surface area contributed by atoms with Crippen LogP contribution in [0.5, 0.6) is 11.5 Å². The zero-order valence-corrected chi connectivity index (χ0v) is 27.4. The molecule has 0 aliphatic rings. The summed E-state index contributed by atoms with van der Waals surface area (Å²) in [6, 6.07) is 12.4. The van der Waals surface area contributed by atoms with E-state index >= 15 is 4.39 Å². The smallest absolute Gasteiger partial charge is 0.490 e. The third-order valence-electron chi connectivity index (χ3n) is 6.90. The number of nitrogens with two attached hydrogens (primary N) is 1. The number of aliphatic carboxylic acids is 2. The van der Waals surface area contributed by atoms with E-state index in [1.54, 1.807) is 44.0 Å². The van der Waals surface area contributed by atoms with E-state index in [9.17, 15) is 26.3 Å². The van der Waals surface area contributed by atoms with Crippen molar-refractivity contribution in [3.05, 3.63) is 90.0 Å². The number of aromatic amines is 1. The molecular formula is C33H31F7N6O6. The Morgan fingerprint density at radius 2 is 1.58 bits per heavy atom. The molecule has 3 aromatic heterocycles. The average Bonchev–Trinajstić information content (AvgIpc) is 3.58. The summed E-state index contributed by atoms with van der Waals surface area (Å²) in [5, 5.41) is 19.5. The molecule has 0 radical (unpaired) electrons. The van der Waals surface area contributed by atoms with Crippen LogP contribution >= 0.6 is 0 Å². The van der Waals surface area contributed by atoms with Crippen LogP contribution in [-0.4, -0.2) is 68.2 Å². The molecule has 0 fully saturated rings. The number of aryl methyl sites for hydroxylation is 1. The first kappa shape index (κ1) is 40.3. The van der Waals surface area contributed by atoms with Gasteiger partial charge in [-0.3, -0.25) is 4.98 Å². The number of hydrogen-bond acceptors (Lipinski definition) is 9. The number of carboxylic acids is 2. The number of nitrogen functional groups attached to an aromatic ring is 1. The van der Waals surface area contributed by atoms with E-state index < -0.39 is 36.2 Å². The van der Waals surface area contributed by atoms with Crippen LogP contribution < -0.4 is 20.5 Å². The molecule has 0 saturated heterocycles. The minimum atomic E-state index is -5.08. The quantitative estimate of drug-likeness (QED) is 0.0965. The van der Waals surface area contributed by atoms with E-state index in [1.807, 2.05) is 44.2 Å². The number of fused-ring (bicyclic) bond motifs is 1. The normalized spacial score (nSPS) is 11.7. The highest BCUT2D eigenvalue weighted by Crippen LogP contribution is 2.36. The molecule has 5 aromatic rings. The Morgan fingerprint density at radius 1 is 0.923 bits per heavy atom. The molecule has 6 N–H and O–H groups in total. The predicted molar refractivity (Wildman–Crippen MR) is 174 cm³/mol. The Labute approximate surface area is 290 Å². The zero-order chi connectivity index (χ0) is 38.8. The molecule has 19 heteroatoms. The molecule has 52 heavy (non-hydrogen) atoms. The summed E-state index contributed by atoms with van der Waals surface area (Å²) in [5.41, 5.74) is 9.63. The maximum atomic E-state index is 15.9. The van der Waals surface area contributed by atoms with Crippen molar-refractivity contribution in [3.63, 3.8) is 0 Å². The Hall–Kier alpha value is -6.14. The molecule has 1 unspecified atom stereocenters. The number of H-pyrrole nitrogens is 1. The van der Waals surface area contributed by atoms with Crippen molar-refractivity contribution in [2.75, 3.05) is 24.8 Å². The number of anilines is 2. The summed E-state index contributed by atoms with van der Waals surface area (Å²) in [7, 11) is 1.60.